The molecule has 0 saturated carbocycles. The summed E-state index contributed by atoms with van der Waals surface area (Å²) in [6, 6.07) is 25.8. The number of thiophene rings is 1. The minimum absolute atomic E-state index is 0.314. The van der Waals surface area contributed by atoms with Gasteiger partial charge in [-0.3, -0.25) is 4.99 Å². The van der Waals surface area contributed by atoms with Crippen LogP contribution >= 0.6 is 22.9 Å². The normalized spacial score (nSPS) is 11.3. The van der Waals surface area contributed by atoms with Gasteiger partial charge in [-0.2, -0.15) is 0 Å². The van der Waals surface area contributed by atoms with E-state index in [1.165, 1.54) is 11.3 Å². The number of esters is 2. The molecule has 0 aliphatic heterocycles. The highest BCUT2D eigenvalue weighted by Gasteiger charge is 2.20. The van der Waals surface area contributed by atoms with Crippen LogP contribution in [0.25, 0.3) is 20.9 Å². The number of carbonyl (C=O) groups excluding carboxylic acids is 2. The lowest BCUT2D eigenvalue weighted by Crippen LogP contribution is -2.09. The maximum Gasteiger partial charge on any atom is 0.355 e. The van der Waals surface area contributed by atoms with Crippen molar-refractivity contribution in [1.29, 1.82) is 0 Å². The summed E-state index contributed by atoms with van der Waals surface area (Å²) in [5.41, 5.74) is 1.75. The van der Waals surface area contributed by atoms with Crippen LogP contribution in [0.3, 0.4) is 0 Å². The van der Waals surface area contributed by atoms with Gasteiger partial charge in [-0.25, -0.2) is 9.59 Å². The lowest BCUT2D eigenvalue weighted by molar-refractivity contribution is 0.0526. The van der Waals surface area contributed by atoms with Gasteiger partial charge < -0.3 is 9.47 Å². The molecule has 178 valence electrons. The number of hydrogen-bond acceptors (Lipinski definition) is 6. The van der Waals surface area contributed by atoms with Crippen molar-refractivity contribution in [3.63, 3.8) is 0 Å². The standard InChI is InChI=1S/C29H20ClNO4S/c1-2-34-28(32)19-11-14-20(15-12-19)31-17-23-21-8-4-3-7-18(21)13-16-24(23)35-29(33)27-26(30)22-9-5-6-10-25(22)36-27/h3-17H,2H2,1H3. The van der Waals surface area contributed by atoms with Gasteiger partial charge in [-0.1, -0.05) is 60.1 Å². The molecule has 0 atom stereocenters. The largest absolute Gasteiger partial charge is 0.462 e. The van der Waals surface area contributed by atoms with Crippen molar-refractivity contribution in [2.45, 2.75) is 6.92 Å². The first kappa shape index (κ1) is 23.7. The van der Waals surface area contributed by atoms with Crippen molar-refractivity contribution >= 4 is 67.6 Å². The number of rotatable bonds is 6. The minimum Gasteiger partial charge on any atom is -0.462 e. The Hall–Kier alpha value is -4.00. The smallest absolute Gasteiger partial charge is 0.355 e. The molecule has 0 saturated heterocycles. The molecule has 5 rings (SSSR count). The number of ether oxygens (including phenoxy) is 2. The van der Waals surface area contributed by atoms with Crippen molar-refractivity contribution in [2.75, 3.05) is 6.61 Å². The molecule has 0 aliphatic rings. The van der Waals surface area contributed by atoms with Gasteiger partial charge in [0.05, 0.1) is 22.9 Å². The third-order valence-electron chi connectivity index (χ3n) is 5.57. The molecule has 0 bridgehead atoms. The quantitative estimate of drug-likeness (QED) is 0.132. The number of hydrogen-bond donors (Lipinski definition) is 0. The van der Waals surface area contributed by atoms with E-state index in [0.717, 1.165) is 20.9 Å². The Labute approximate surface area is 216 Å². The Balaban J connectivity index is 1.49. The summed E-state index contributed by atoms with van der Waals surface area (Å²) in [7, 11) is 0. The van der Waals surface area contributed by atoms with Crippen molar-refractivity contribution in [3.05, 3.63) is 106 Å². The number of aliphatic imine (C=N–C) groups is 1. The highest BCUT2D eigenvalue weighted by atomic mass is 35.5. The van der Waals surface area contributed by atoms with Gasteiger partial charge in [-0.05, 0) is 54.1 Å². The van der Waals surface area contributed by atoms with Crippen LogP contribution in [0, 0.1) is 0 Å². The van der Waals surface area contributed by atoms with Crippen molar-refractivity contribution < 1.29 is 19.1 Å². The number of benzene rings is 4. The van der Waals surface area contributed by atoms with Crippen LogP contribution in [0.2, 0.25) is 5.02 Å². The first-order chi connectivity index (χ1) is 17.5. The lowest BCUT2D eigenvalue weighted by atomic mass is 10.0. The zero-order chi connectivity index (χ0) is 25.1. The van der Waals surface area contributed by atoms with Gasteiger partial charge in [-0.15, -0.1) is 11.3 Å². The third-order valence-corrected chi connectivity index (χ3v) is 7.23. The highest BCUT2D eigenvalue weighted by Crippen LogP contribution is 2.36. The third kappa shape index (κ3) is 4.73. The lowest BCUT2D eigenvalue weighted by Gasteiger charge is -2.10. The molecule has 0 amide bonds. The number of nitrogens with zero attached hydrogens (tertiary/aromatic N) is 1. The molecule has 1 aromatic heterocycles. The van der Waals surface area contributed by atoms with Crippen LogP contribution in [0.1, 0.15) is 32.5 Å². The first-order valence-corrected chi connectivity index (χ1v) is 12.5. The molecule has 0 N–H and O–H groups in total. The Bertz CT molecular complexity index is 1620. The fraction of sp³-hybridized carbons (Fsp3) is 0.0690. The van der Waals surface area contributed by atoms with Gasteiger partial charge >= 0.3 is 11.9 Å². The average molecular weight is 514 g/mol. The van der Waals surface area contributed by atoms with E-state index < -0.39 is 5.97 Å². The van der Waals surface area contributed by atoms with Gasteiger partial charge in [0.15, 0.2) is 0 Å². The summed E-state index contributed by atoms with van der Waals surface area (Å²) in [6.45, 7) is 2.08. The van der Waals surface area contributed by atoms with E-state index >= 15 is 0 Å². The summed E-state index contributed by atoms with van der Waals surface area (Å²) >= 11 is 7.80. The van der Waals surface area contributed by atoms with Crippen LogP contribution in [0.15, 0.2) is 89.9 Å². The van der Waals surface area contributed by atoms with E-state index in [2.05, 4.69) is 4.99 Å². The van der Waals surface area contributed by atoms with Crippen LogP contribution in [-0.4, -0.2) is 24.8 Å². The Morgan fingerprint density at radius 2 is 1.61 bits per heavy atom. The Morgan fingerprint density at radius 3 is 2.36 bits per heavy atom. The summed E-state index contributed by atoms with van der Waals surface area (Å²) in [4.78, 5) is 30.0. The second-order valence-electron chi connectivity index (χ2n) is 7.85. The van der Waals surface area contributed by atoms with E-state index in [9.17, 15) is 9.59 Å². The summed E-state index contributed by atoms with van der Waals surface area (Å²) < 4.78 is 11.8. The topological polar surface area (TPSA) is 65.0 Å². The van der Waals surface area contributed by atoms with Gasteiger partial charge in [0.25, 0.3) is 0 Å². The van der Waals surface area contributed by atoms with Gasteiger partial charge in [0, 0.05) is 21.9 Å². The van der Waals surface area contributed by atoms with Crippen LogP contribution < -0.4 is 4.74 Å². The monoisotopic (exact) mass is 513 g/mol. The molecular formula is C29H20ClNO4S. The molecule has 0 fully saturated rings. The molecule has 0 aliphatic carbocycles. The van der Waals surface area contributed by atoms with Crippen molar-refractivity contribution in [2.24, 2.45) is 4.99 Å². The van der Waals surface area contributed by atoms with Crippen molar-refractivity contribution in [3.8, 4) is 5.75 Å². The summed E-state index contributed by atoms with van der Waals surface area (Å²) in [5, 5.41) is 3.08. The summed E-state index contributed by atoms with van der Waals surface area (Å²) in [6.07, 6.45) is 1.66. The second kappa shape index (κ2) is 10.3. The average Bonchev–Trinajstić information content (AvgIpc) is 3.25. The molecule has 0 radical (unpaired) electrons. The fourth-order valence-corrected chi connectivity index (χ4v) is 5.21. The molecule has 5 aromatic rings. The molecular weight excluding hydrogens is 494 g/mol. The van der Waals surface area contributed by atoms with E-state index in [-0.39, 0.29) is 5.97 Å². The van der Waals surface area contributed by atoms with Crippen molar-refractivity contribution in [1.82, 2.24) is 0 Å². The van der Waals surface area contributed by atoms with E-state index in [1.807, 2.05) is 54.6 Å². The number of halogens is 1. The maximum absolute atomic E-state index is 13.1. The predicted octanol–water partition coefficient (Wildman–Crippen LogP) is 7.85. The zero-order valence-electron chi connectivity index (χ0n) is 19.2. The van der Waals surface area contributed by atoms with Crippen LogP contribution in [-0.2, 0) is 4.74 Å². The van der Waals surface area contributed by atoms with Crippen LogP contribution in [0.5, 0.6) is 5.75 Å². The minimum atomic E-state index is -0.523. The Kier molecular flexibility index (Phi) is 6.80. The van der Waals surface area contributed by atoms with Gasteiger partial charge in [0.1, 0.15) is 10.6 Å². The predicted molar refractivity (Wildman–Crippen MR) is 145 cm³/mol. The highest BCUT2D eigenvalue weighted by molar-refractivity contribution is 7.21. The first-order valence-electron chi connectivity index (χ1n) is 11.3. The van der Waals surface area contributed by atoms with E-state index in [1.54, 1.807) is 43.5 Å². The second-order valence-corrected chi connectivity index (χ2v) is 9.29. The number of fused-ring (bicyclic) bond motifs is 2. The summed E-state index contributed by atoms with van der Waals surface area (Å²) in [5.74, 6) is -0.528. The molecule has 36 heavy (non-hydrogen) atoms. The molecule has 0 unspecified atom stereocenters. The molecule has 0 spiro atoms. The Morgan fingerprint density at radius 1 is 0.889 bits per heavy atom. The van der Waals surface area contributed by atoms with Gasteiger partial charge in [0.2, 0.25) is 0 Å². The maximum atomic E-state index is 13.1. The zero-order valence-corrected chi connectivity index (χ0v) is 20.8. The van der Waals surface area contributed by atoms with E-state index in [4.69, 9.17) is 21.1 Å². The molecule has 4 aromatic carbocycles. The number of carbonyl (C=O) groups is 2. The van der Waals surface area contributed by atoms with Crippen LogP contribution in [0.4, 0.5) is 5.69 Å². The molecule has 1 heterocycles. The SMILES string of the molecule is CCOC(=O)c1ccc(N=Cc2c(OC(=O)c3sc4ccccc4c3Cl)ccc3ccccc23)cc1. The molecule has 5 nitrogen and oxygen atoms in total. The fourth-order valence-electron chi connectivity index (χ4n) is 3.83. The van der Waals surface area contributed by atoms with E-state index in [0.29, 0.717) is 39.1 Å². The molecule has 7 heteroatoms.